The first-order valence-corrected chi connectivity index (χ1v) is 4.92. The van der Waals surface area contributed by atoms with Crippen molar-refractivity contribution in [2.75, 3.05) is 0 Å². The fraction of sp³-hybridized carbons (Fsp3) is 0.250. The molecule has 0 bridgehead atoms. The molecular weight excluding hydrogens is 193 g/mol. The highest BCUT2D eigenvalue weighted by molar-refractivity contribution is 5.80. The Morgan fingerprint density at radius 2 is 1.93 bits per heavy atom. The van der Waals surface area contributed by atoms with Gasteiger partial charge in [0.1, 0.15) is 0 Å². The third kappa shape index (κ3) is 1.44. The molecular formula is C12H12FNO. The monoisotopic (exact) mass is 205 g/mol. The molecule has 0 aliphatic rings. The van der Waals surface area contributed by atoms with Gasteiger partial charge in [0.15, 0.2) is 5.82 Å². The minimum absolute atomic E-state index is 0.186. The van der Waals surface area contributed by atoms with Crippen molar-refractivity contribution in [3.8, 4) is 0 Å². The van der Waals surface area contributed by atoms with Crippen LogP contribution >= 0.6 is 0 Å². The van der Waals surface area contributed by atoms with E-state index in [-0.39, 0.29) is 11.4 Å². The Labute approximate surface area is 87.0 Å². The van der Waals surface area contributed by atoms with Gasteiger partial charge in [-0.1, -0.05) is 19.1 Å². The van der Waals surface area contributed by atoms with Crippen LogP contribution in [0.3, 0.4) is 0 Å². The molecule has 1 aromatic heterocycles. The first kappa shape index (κ1) is 9.90. The van der Waals surface area contributed by atoms with Crippen molar-refractivity contribution in [3.05, 3.63) is 46.0 Å². The van der Waals surface area contributed by atoms with Crippen LogP contribution in [0.15, 0.2) is 29.1 Å². The number of rotatable bonds is 1. The summed E-state index contributed by atoms with van der Waals surface area (Å²) >= 11 is 0. The van der Waals surface area contributed by atoms with Gasteiger partial charge >= 0.3 is 0 Å². The van der Waals surface area contributed by atoms with Crippen LogP contribution in [0.25, 0.3) is 10.9 Å². The molecule has 0 N–H and O–H groups in total. The second-order valence-corrected chi connectivity index (χ2v) is 3.56. The molecule has 78 valence electrons. The Bertz CT molecular complexity index is 572. The quantitative estimate of drug-likeness (QED) is 0.699. The molecule has 2 aromatic rings. The summed E-state index contributed by atoms with van der Waals surface area (Å²) in [6.07, 6.45) is 0.630. The van der Waals surface area contributed by atoms with Crippen LogP contribution in [0, 0.1) is 5.82 Å². The van der Waals surface area contributed by atoms with Gasteiger partial charge < -0.3 is 4.57 Å². The van der Waals surface area contributed by atoms with Gasteiger partial charge in [-0.3, -0.25) is 4.79 Å². The Morgan fingerprint density at radius 1 is 1.27 bits per heavy atom. The van der Waals surface area contributed by atoms with E-state index in [9.17, 15) is 9.18 Å². The van der Waals surface area contributed by atoms with E-state index < -0.39 is 0 Å². The number of nitrogens with zero attached hydrogens (tertiary/aromatic N) is 1. The number of hydrogen-bond acceptors (Lipinski definition) is 1. The summed E-state index contributed by atoms with van der Waals surface area (Å²) in [5.41, 5.74) is 0.847. The van der Waals surface area contributed by atoms with E-state index in [0.717, 1.165) is 5.39 Å². The van der Waals surface area contributed by atoms with E-state index >= 15 is 0 Å². The molecule has 0 aliphatic heterocycles. The van der Waals surface area contributed by atoms with Crippen molar-refractivity contribution in [2.24, 2.45) is 7.05 Å². The van der Waals surface area contributed by atoms with Crippen molar-refractivity contribution in [2.45, 2.75) is 13.3 Å². The lowest BCUT2D eigenvalue weighted by Crippen LogP contribution is -2.16. The van der Waals surface area contributed by atoms with Gasteiger partial charge in [0.2, 0.25) is 0 Å². The minimum Gasteiger partial charge on any atom is -0.309 e. The third-order valence-corrected chi connectivity index (χ3v) is 2.68. The highest BCUT2D eigenvalue weighted by atomic mass is 19.1. The number of halogens is 1. The predicted octanol–water partition coefficient (Wildman–Crippen LogP) is 2.24. The maximum Gasteiger partial charge on any atom is 0.250 e. The van der Waals surface area contributed by atoms with Crippen LogP contribution in [-0.2, 0) is 13.5 Å². The standard InChI is InChI=1S/C12H12FNO/c1-3-8-4-5-9-6-7-10(15)14(2)12(9)11(8)13/h4-7H,3H2,1-2H3. The Morgan fingerprint density at radius 3 is 2.60 bits per heavy atom. The van der Waals surface area contributed by atoms with Crippen LogP contribution in [-0.4, -0.2) is 4.57 Å². The Hall–Kier alpha value is -1.64. The van der Waals surface area contributed by atoms with Crippen LogP contribution in [0.1, 0.15) is 12.5 Å². The van der Waals surface area contributed by atoms with Crippen molar-refractivity contribution in [1.29, 1.82) is 0 Å². The number of fused-ring (bicyclic) bond motifs is 1. The van der Waals surface area contributed by atoms with Crippen LogP contribution in [0.5, 0.6) is 0 Å². The molecule has 3 heteroatoms. The van der Waals surface area contributed by atoms with Gasteiger partial charge in [-0.15, -0.1) is 0 Å². The summed E-state index contributed by atoms with van der Waals surface area (Å²) in [6, 6.07) is 6.71. The number of hydrogen-bond donors (Lipinski definition) is 0. The molecule has 2 rings (SSSR count). The smallest absolute Gasteiger partial charge is 0.250 e. The molecule has 0 atom stereocenters. The van der Waals surface area contributed by atoms with Crippen LogP contribution in [0.2, 0.25) is 0 Å². The van der Waals surface area contributed by atoms with E-state index in [0.29, 0.717) is 17.5 Å². The molecule has 15 heavy (non-hydrogen) atoms. The average molecular weight is 205 g/mol. The van der Waals surface area contributed by atoms with E-state index in [2.05, 4.69) is 0 Å². The minimum atomic E-state index is -0.282. The molecule has 0 saturated carbocycles. The fourth-order valence-electron chi connectivity index (χ4n) is 1.75. The first-order valence-electron chi connectivity index (χ1n) is 4.92. The first-order chi connectivity index (χ1) is 7.15. The van der Waals surface area contributed by atoms with Gasteiger partial charge in [0.25, 0.3) is 5.56 Å². The Balaban J connectivity index is 2.96. The van der Waals surface area contributed by atoms with Gasteiger partial charge in [0, 0.05) is 18.5 Å². The second-order valence-electron chi connectivity index (χ2n) is 3.56. The van der Waals surface area contributed by atoms with Gasteiger partial charge in [0.05, 0.1) is 5.52 Å². The van der Waals surface area contributed by atoms with Crippen molar-refractivity contribution >= 4 is 10.9 Å². The van der Waals surface area contributed by atoms with Crippen LogP contribution in [0.4, 0.5) is 4.39 Å². The zero-order valence-corrected chi connectivity index (χ0v) is 8.75. The zero-order chi connectivity index (χ0) is 11.0. The molecule has 0 unspecified atom stereocenters. The molecule has 0 spiro atoms. The number of aryl methyl sites for hydroxylation is 2. The maximum atomic E-state index is 14.0. The number of aromatic nitrogens is 1. The lowest BCUT2D eigenvalue weighted by molar-refractivity contribution is 0.614. The molecule has 2 nitrogen and oxygen atoms in total. The highest BCUT2D eigenvalue weighted by Gasteiger charge is 2.08. The van der Waals surface area contributed by atoms with Gasteiger partial charge in [-0.25, -0.2) is 4.39 Å². The lowest BCUT2D eigenvalue weighted by Gasteiger charge is -2.08. The summed E-state index contributed by atoms with van der Waals surface area (Å²) in [4.78, 5) is 11.4. The van der Waals surface area contributed by atoms with Gasteiger partial charge in [-0.2, -0.15) is 0 Å². The van der Waals surface area contributed by atoms with Gasteiger partial charge in [-0.05, 0) is 18.1 Å². The van der Waals surface area contributed by atoms with Crippen molar-refractivity contribution < 1.29 is 4.39 Å². The molecule has 1 aromatic carbocycles. The normalized spacial score (nSPS) is 10.9. The molecule has 0 amide bonds. The highest BCUT2D eigenvalue weighted by Crippen LogP contribution is 2.19. The van der Waals surface area contributed by atoms with E-state index in [1.165, 1.54) is 10.6 Å². The van der Waals surface area contributed by atoms with Crippen molar-refractivity contribution in [3.63, 3.8) is 0 Å². The number of pyridine rings is 1. The average Bonchev–Trinajstić information content (AvgIpc) is 2.24. The zero-order valence-electron chi connectivity index (χ0n) is 8.75. The lowest BCUT2D eigenvalue weighted by atomic mass is 10.1. The Kier molecular flexibility index (Phi) is 2.31. The largest absolute Gasteiger partial charge is 0.309 e. The number of benzene rings is 1. The molecule has 0 aliphatic carbocycles. The topological polar surface area (TPSA) is 22.0 Å². The molecule has 1 heterocycles. The van der Waals surface area contributed by atoms with Crippen molar-refractivity contribution in [1.82, 2.24) is 4.57 Å². The summed E-state index contributed by atoms with van der Waals surface area (Å²) in [6.45, 7) is 1.89. The summed E-state index contributed by atoms with van der Waals surface area (Å²) in [7, 11) is 1.59. The summed E-state index contributed by atoms with van der Waals surface area (Å²) < 4.78 is 15.3. The van der Waals surface area contributed by atoms with E-state index in [1.807, 2.05) is 13.0 Å². The third-order valence-electron chi connectivity index (χ3n) is 2.68. The summed E-state index contributed by atoms with van der Waals surface area (Å²) in [5, 5.41) is 0.756. The molecule has 0 radical (unpaired) electrons. The second kappa shape index (κ2) is 3.50. The SMILES string of the molecule is CCc1ccc2ccc(=O)n(C)c2c1F. The maximum absolute atomic E-state index is 14.0. The van der Waals surface area contributed by atoms with E-state index in [1.54, 1.807) is 19.2 Å². The summed E-state index contributed by atoms with van der Waals surface area (Å²) in [5.74, 6) is -0.282. The van der Waals surface area contributed by atoms with Crippen LogP contribution < -0.4 is 5.56 Å². The predicted molar refractivity (Wildman–Crippen MR) is 58.5 cm³/mol. The fourth-order valence-corrected chi connectivity index (χ4v) is 1.75. The molecule has 0 fully saturated rings. The van der Waals surface area contributed by atoms with E-state index in [4.69, 9.17) is 0 Å². The molecule has 0 saturated heterocycles.